The highest BCUT2D eigenvalue weighted by atomic mass is 32.1. The molecular formula is C10H12N2S. The quantitative estimate of drug-likeness (QED) is 0.715. The Balaban J connectivity index is 2.13. The van der Waals surface area contributed by atoms with E-state index in [2.05, 4.69) is 35.2 Å². The van der Waals surface area contributed by atoms with E-state index in [4.69, 9.17) is 0 Å². The van der Waals surface area contributed by atoms with Crippen molar-refractivity contribution in [3.05, 3.63) is 34.9 Å². The van der Waals surface area contributed by atoms with Crippen LogP contribution in [0.5, 0.6) is 0 Å². The molecule has 0 atom stereocenters. The number of allylic oxidation sites excluding steroid dienone is 2. The molecule has 0 fully saturated rings. The van der Waals surface area contributed by atoms with Gasteiger partial charge in [0.2, 0.25) is 0 Å². The van der Waals surface area contributed by atoms with E-state index in [0.29, 0.717) is 0 Å². The van der Waals surface area contributed by atoms with Gasteiger partial charge in [0.1, 0.15) is 5.01 Å². The summed E-state index contributed by atoms with van der Waals surface area (Å²) >= 11 is 1.69. The highest BCUT2D eigenvalue weighted by Gasteiger charge is 2.05. The predicted octanol–water partition coefficient (Wildman–Crippen LogP) is 2.38. The van der Waals surface area contributed by atoms with Gasteiger partial charge in [-0.3, -0.25) is 0 Å². The maximum Gasteiger partial charge on any atom is 0.123 e. The van der Waals surface area contributed by atoms with Crippen LogP contribution in [0, 0.1) is 0 Å². The Bertz CT molecular complexity index is 325. The van der Waals surface area contributed by atoms with E-state index in [1.165, 1.54) is 5.57 Å². The van der Waals surface area contributed by atoms with E-state index >= 15 is 0 Å². The van der Waals surface area contributed by atoms with Crippen molar-refractivity contribution < 1.29 is 0 Å². The van der Waals surface area contributed by atoms with Crippen LogP contribution >= 0.6 is 11.3 Å². The summed E-state index contributed by atoms with van der Waals surface area (Å²) in [5, 5.41) is 3.13. The maximum absolute atomic E-state index is 4.27. The van der Waals surface area contributed by atoms with E-state index in [0.717, 1.165) is 18.1 Å². The summed E-state index contributed by atoms with van der Waals surface area (Å²) in [6, 6.07) is 0. The Labute approximate surface area is 82.2 Å². The monoisotopic (exact) mass is 192 g/mol. The lowest BCUT2D eigenvalue weighted by atomic mass is 10.2. The van der Waals surface area contributed by atoms with Crippen molar-refractivity contribution in [2.75, 3.05) is 13.1 Å². The summed E-state index contributed by atoms with van der Waals surface area (Å²) in [7, 11) is 0. The number of thiazole rings is 1. The molecule has 0 radical (unpaired) electrons. The molecule has 2 heterocycles. The minimum Gasteiger partial charge on any atom is -0.374 e. The van der Waals surface area contributed by atoms with Gasteiger partial charge in [-0.15, -0.1) is 11.3 Å². The Morgan fingerprint density at radius 1 is 1.62 bits per heavy atom. The van der Waals surface area contributed by atoms with Gasteiger partial charge in [-0.2, -0.15) is 0 Å². The minimum absolute atomic E-state index is 1.00. The molecule has 13 heavy (non-hydrogen) atoms. The van der Waals surface area contributed by atoms with E-state index in [-0.39, 0.29) is 0 Å². The first-order valence-corrected chi connectivity index (χ1v) is 5.30. The van der Waals surface area contributed by atoms with Crippen LogP contribution in [0.3, 0.4) is 0 Å². The SMILES string of the molecule is CCN1C=CC(c2nccs2)=CC1. The van der Waals surface area contributed by atoms with E-state index in [1.807, 2.05) is 11.6 Å². The highest BCUT2D eigenvalue weighted by Crippen LogP contribution is 2.20. The van der Waals surface area contributed by atoms with Crippen molar-refractivity contribution in [2.24, 2.45) is 0 Å². The van der Waals surface area contributed by atoms with E-state index in [1.54, 1.807) is 11.3 Å². The second-order valence-corrected chi connectivity index (χ2v) is 3.79. The van der Waals surface area contributed by atoms with Crippen LogP contribution in [0.1, 0.15) is 11.9 Å². The third-order valence-electron chi connectivity index (χ3n) is 2.10. The largest absolute Gasteiger partial charge is 0.374 e. The summed E-state index contributed by atoms with van der Waals surface area (Å²) in [5.74, 6) is 0. The fourth-order valence-corrected chi connectivity index (χ4v) is 1.95. The second kappa shape index (κ2) is 3.75. The highest BCUT2D eigenvalue weighted by molar-refractivity contribution is 7.10. The first-order valence-electron chi connectivity index (χ1n) is 4.42. The second-order valence-electron chi connectivity index (χ2n) is 2.90. The van der Waals surface area contributed by atoms with Crippen LogP contribution in [0.25, 0.3) is 5.57 Å². The molecule has 0 N–H and O–H groups in total. The first kappa shape index (κ1) is 8.51. The molecule has 0 aromatic carbocycles. The first-order chi connectivity index (χ1) is 6.40. The third-order valence-corrected chi connectivity index (χ3v) is 2.92. The molecule has 3 heteroatoms. The fraction of sp³-hybridized carbons (Fsp3) is 0.300. The lowest BCUT2D eigenvalue weighted by Crippen LogP contribution is -2.18. The van der Waals surface area contributed by atoms with Crippen molar-refractivity contribution in [1.82, 2.24) is 9.88 Å². The van der Waals surface area contributed by atoms with Crippen molar-refractivity contribution in [3.63, 3.8) is 0 Å². The van der Waals surface area contributed by atoms with Crippen LogP contribution in [-0.2, 0) is 0 Å². The third kappa shape index (κ3) is 1.80. The topological polar surface area (TPSA) is 16.1 Å². The van der Waals surface area contributed by atoms with E-state index < -0.39 is 0 Å². The van der Waals surface area contributed by atoms with Crippen LogP contribution in [0.15, 0.2) is 29.9 Å². The lowest BCUT2D eigenvalue weighted by Gasteiger charge is -2.19. The summed E-state index contributed by atoms with van der Waals surface area (Å²) in [4.78, 5) is 6.53. The fourth-order valence-electron chi connectivity index (χ4n) is 1.29. The molecule has 2 rings (SSSR count). The van der Waals surface area contributed by atoms with Crippen LogP contribution in [0.2, 0.25) is 0 Å². The van der Waals surface area contributed by atoms with Crippen molar-refractivity contribution in [2.45, 2.75) is 6.92 Å². The number of nitrogens with zero attached hydrogens (tertiary/aromatic N) is 2. The number of aromatic nitrogens is 1. The molecule has 0 spiro atoms. The molecule has 0 bridgehead atoms. The number of hydrogen-bond acceptors (Lipinski definition) is 3. The Morgan fingerprint density at radius 2 is 2.54 bits per heavy atom. The molecule has 1 aliphatic rings. The van der Waals surface area contributed by atoms with Gasteiger partial charge in [0.15, 0.2) is 0 Å². The standard InChI is InChI=1S/C10H12N2S/c1-2-12-6-3-9(4-7-12)10-11-5-8-13-10/h3-6,8H,2,7H2,1H3. The van der Waals surface area contributed by atoms with Gasteiger partial charge in [-0.1, -0.05) is 6.08 Å². The summed E-state index contributed by atoms with van der Waals surface area (Å²) in [6.07, 6.45) is 8.34. The predicted molar refractivity (Wildman–Crippen MR) is 56.5 cm³/mol. The van der Waals surface area contributed by atoms with Crippen molar-refractivity contribution >= 4 is 16.9 Å². The Kier molecular flexibility index (Phi) is 2.45. The molecular weight excluding hydrogens is 180 g/mol. The summed E-state index contributed by atoms with van der Waals surface area (Å²) < 4.78 is 0. The molecule has 0 saturated heterocycles. The van der Waals surface area contributed by atoms with E-state index in [9.17, 15) is 0 Å². The van der Waals surface area contributed by atoms with Crippen molar-refractivity contribution in [1.29, 1.82) is 0 Å². The van der Waals surface area contributed by atoms with Crippen molar-refractivity contribution in [3.8, 4) is 0 Å². The molecule has 1 aliphatic heterocycles. The van der Waals surface area contributed by atoms with Gasteiger partial charge >= 0.3 is 0 Å². The van der Waals surface area contributed by atoms with Crippen LogP contribution in [-0.4, -0.2) is 23.0 Å². The number of rotatable bonds is 2. The van der Waals surface area contributed by atoms with Gasteiger partial charge in [-0.25, -0.2) is 4.98 Å². The molecule has 0 saturated carbocycles. The molecule has 68 valence electrons. The van der Waals surface area contributed by atoms with Gasteiger partial charge in [-0.05, 0) is 13.0 Å². The average Bonchev–Trinajstić information content (AvgIpc) is 2.71. The maximum atomic E-state index is 4.27. The summed E-state index contributed by atoms with van der Waals surface area (Å²) in [5.41, 5.74) is 1.25. The number of likely N-dealkylation sites (N-methyl/N-ethyl adjacent to an activating group) is 1. The average molecular weight is 192 g/mol. The van der Waals surface area contributed by atoms with Crippen LogP contribution < -0.4 is 0 Å². The molecule has 0 aliphatic carbocycles. The zero-order chi connectivity index (χ0) is 9.10. The normalized spacial score (nSPS) is 16.1. The number of hydrogen-bond donors (Lipinski definition) is 0. The van der Waals surface area contributed by atoms with Gasteiger partial charge in [0.25, 0.3) is 0 Å². The minimum atomic E-state index is 1.00. The molecule has 1 aromatic rings. The van der Waals surface area contributed by atoms with Gasteiger partial charge < -0.3 is 4.90 Å². The Hall–Kier alpha value is -1.09. The van der Waals surface area contributed by atoms with Gasteiger partial charge in [0.05, 0.1) is 0 Å². The molecule has 0 unspecified atom stereocenters. The lowest BCUT2D eigenvalue weighted by molar-refractivity contribution is 0.437. The van der Waals surface area contributed by atoms with Crippen LogP contribution in [0.4, 0.5) is 0 Å². The smallest absolute Gasteiger partial charge is 0.123 e. The van der Waals surface area contributed by atoms with Gasteiger partial charge in [0, 0.05) is 36.4 Å². The molecule has 1 aromatic heterocycles. The zero-order valence-corrected chi connectivity index (χ0v) is 8.42. The summed E-state index contributed by atoms with van der Waals surface area (Å²) in [6.45, 7) is 4.23. The Morgan fingerprint density at radius 3 is 3.08 bits per heavy atom. The molecule has 2 nitrogen and oxygen atoms in total. The zero-order valence-electron chi connectivity index (χ0n) is 7.60. The molecule has 0 amide bonds.